The number of hydrogen-bond donors (Lipinski definition) is 3. The van der Waals surface area contributed by atoms with Crippen LogP contribution in [0.2, 0.25) is 0 Å². The van der Waals surface area contributed by atoms with Crippen molar-refractivity contribution in [3.05, 3.63) is 29.3 Å². The number of benzene rings is 1. The number of nitrogen functional groups attached to an aromatic ring is 1. The molecule has 0 saturated carbocycles. The number of carbonyl (C=O) groups is 1. The van der Waals surface area contributed by atoms with Gasteiger partial charge in [0.15, 0.2) is 5.82 Å². The highest BCUT2D eigenvalue weighted by Gasteiger charge is 2.26. The first kappa shape index (κ1) is 21.7. The average molecular weight is 460 g/mol. The van der Waals surface area contributed by atoms with E-state index in [0.29, 0.717) is 56.2 Å². The molecule has 4 rings (SSSR count). The molecule has 0 aliphatic carbocycles. The molecule has 0 saturated heterocycles. The topological polar surface area (TPSA) is 121 Å². The minimum atomic E-state index is -1.19. The van der Waals surface area contributed by atoms with Crippen molar-refractivity contribution in [1.29, 1.82) is 0 Å². The number of thiophene rings is 1. The molecule has 8 nitrogen and oxygen atoms in total. The molecule has 1 aliphatic rings. The van der Waals surface area contributed by atoms with Crippen molar-refractivity contribution in [2.45, 2.75) is 30.5 Å². The van der Waals surface area contributed by atoms with Gasteiger partial charge >= 0.3 is 0 Å². The van der Waals surface area contributed by atoms with Crippen LogP contribution in [0.4, 0.5) is 11.5 Å². The Bertz CT molecular complexity index is 1180. The van der Waals surface area contributed by atoms with Crippen LogP contribution in [-0.4, -0.2) is 56.0 Å². The van der Waals surface area contributed by atoms with Crippen molar-refractivity contribution in [2.75, 3.05) is 37.0 Å². The van der Waals surface area contributed by atoms with Gasteiger partial charge in [0, 0.05) is 37.0 Å². The van der Waals surface area contributed by atoms with Gasteiger partial charge in [-0.2, -0.15) is 0 Å². The normalized spacial score (nSPS) is 14.3. The lowest BCUT2D eigenvalue weighted by atomic mass is 10.0. The molecule has 1 aliphatic heterocycles. The van der Waals surface area contributed by atoms with Gasteiger partial charge in [-0.15, -0.1) is 11.3 Å². The second kappa shape index (κ2) is 8.89. The third-order valence-electron chi connectivity index (χ3n) is 5.19. The molecule has 164 valence electrons. The molecular weight excluding hydrogens is 434 g/mol. The Labute approximate surface area is 187 Å². The van der Waals surface area contributed by atoms with Gasteiger partial charge < -0.3 is 21.1 Å². The molecule has 0 radical (unpaired) electrons. The Morgan fingerprint density at radius 3 is 2.90 bits per heavy atom. The molecule has 1 aromatic carbocycles. The lowest BCUT2D eigenvalue weighted by Gasteiger charge is -2.11. The monoisotopic (exact) mass is 459 g/mol. The smallest absolute Gasteiger partial charge is 0.254 e. The van der Waals surface area contributed by atoms with Crippen molar-refractivity contribution in [1.82, 2.24) is 14.9 Å². The predicted octanol–water partition coefficient (Wildman–Crippen LogP) is 2.84. The molecular formula is C21H25N5O3S2. The summed E-state index contributed by atoms with van der Waals surface area (Å²) < 4.78 is 13.3. The van der Waals surface area contributed by atoms with Crippen LogP contribution in [0.15, 0.2) is 22.4 Å². The van der Waals surface area contributed by atoms with Gasteiger partial charge in [0.2, 0.25) is 0 Å². The summed E-state index contributed by atoms with van der Waals surface area (Å²) in [6.07, 6.45) is 1.82. The van der Waals surface area contributed by atoms with Crippen molar-refractivity contribution >= 4 is 49.9 Å². The summed E-state index contributed by atoms with van der Waals surface area (Å²) in [6, 6.07) is 5.60. The largest absolute Gasteiger partial charge is 0.395 e. The molecule has 4 N–H and O–H groups in total. The first-order chi connectivity index (χ1) is 14.9. The number of aromatic nitrogens is 2. The molecule has 0 spiro atoms. The van der Waals surface area contributed by atoms with Crippen LogP contribution >= 0.6 is 11.3 Å². The van der Waals surface area contributed by atoms with Crippen LogP contribution in [0.5, 0.6) is 0 Å². The number of aliphatic hydroxyl groups is 1. The van der Waals surface area contributed by atoms with Gasteiger partial charge in [0.05, 0.1) is 23.1 Å². The highest BCUT2D eigenvalue weighted by Crippen LogP contribution is 2.38. The Kier molecular flexibility index (Phi) is 6.22. The summed E-state index contributed by atoms with van der Waals surface area (Å²) in [7, 11) is 0.584. The van der Waals surface area contributed by atoms with Crippen LogP contribution in [0.1, 0.15) is 35.7 Å². The fourth-order valence-corrected chi connectivity index (χ4v) is 6.26. The molecule has 3 aromatic rings. The van der Waals surface area contributed by atoms with Crippen molar-refractivity contribution < 1.29 is 14.1 Å². The lowest BCUT2D eigenvalue weighted by Crippen LogP contribution is -2.17. The number of nitrogens with one attached hydrogen (secondary N) is 1. The first-order valence-electron chi connectivity index (χ1n) is 10.2. The maximum Gasteiger partial charge on any atom is 0.254 e. The van der Waals surface area contributed by atoms with Crippen LogP contribution in [0, 0.1) is 0 Å². The van der Waals surface area contributed by atoms with Crippen LogP contribution in [0.25, 0.3) is 21.6 Å². The van der Waals surface area contributed by atoms with Gasteiger partial charge in [-0.05, 0) is 24.1 Å². The van der Waals surface area contributed by atoms with Gasteiger partial charge in [-0.3, -0.25) is 9.00 Å². The molecule has 1 unspecified atom stereocenters. The number of rotatable bonds is 8. The second-order valence-electron chi connectivity index (χ2n) is 7.46. The van der Waals surface area contributed by atoms with Crippen molar-refractivity contribution in [2.24, 2.45) is 0 Å². The van der Waals surface area contributed by atoms with Gasteiger partial charge in [0.25, 0.3) is 5.91 Å². The quantitative estimate of drug-likeness (QED) is 0.473. The zero-order chi connectivity index (χ0) is 22.1. The van der Waals surface area contributed by atoms with E-state index in [9.17, 15) is 14.1 Å². The number of fused-ring (bicyclic) bond motifs is 2. The van der Waals surface area contributed by atoms with E-state index < -0.39 is 10.8 Å². The number of aliphatic hydroxyl groups excluding tert-OH is 1. The second-order valence-corrected chi connectivity index (χ2v) is 10.2. The number of nitrogens with two attached hydrogens (primary N) is 1. The summed E-state index contributed by atoms with van der Waals surface area (Å²) in [5.74, 6) is 1.08. The Balaban J connectivity index is 1.82. The first-order valence-corrected chi connectivity index (χ1v) is 12.3. The van der Waals surface area contributed by atoms with Gasteiger partial charge in [0.1, 0.15) is 20.3 Å². The minimum absolute atomic E-state index is 0.00277. The summed E-state index contributed by atoms with van der Waals surface area (Å²) in [5.41, 5.74) is 10.3. The zero-order valence-electron chi connectivity index (χ0n) is 17.5. The van der Waals surface area contributed by atoms with Crippen molar-refractivity contribution in [3.8, 4) is 11.3 Å². The summed E-state index contributed by atoms with van der Waals surface area (Å²) in [4.78, 5) is 24.0. The lowest BCUT2D eigenvalue weighted by molar-refractivity contribution is 0.0816. The van der Waals surface area contributed by atoms with E-state index in [1.165, 1.54) is 11.3 Å². The third-order valence-corrected chi connectivity index (χ3v) is 8.17. The van der Waals surface area contributed by atoms with E-state index in [2.05, 4.69) is 12.2 Å². The minimum Gasteiger partial charge on any atom is -0.395 e. The molecule has 0 bridgehead atoms. The number of amides is 1. The zero-order valence-corrected chi connectivity index (χ0v) is 19.1. The highest BCUT2D eigenvalue weighted by atomic mass is 32.2. The van der Waals surface area contributed by atoms with E-state index in [1.807, 2.05) is 12.1 Å². The average Bonchev–Trinajstić information content (AvgIpc) is 3.25. The molecule has 1 amide bonds. The summed E-state index contributed by atoms with van der Waals surface area (Å²) in [6.45, 7) is 2.86. The molecule has 1 atom stereocenters. The number of unbranched alkanes of at least 4 members (excludes halogenated alkanes) is 1. The van der Waals surface area contributed by atoms with Crippen LogP contribution < -0.4 is 11.1 Å². The Morgan fingerprint density at radius 2 is 2.16 bits per heavy atom. The maximum absolute atomic E-state index is 12.7. The van der Waals surface area contributed by atoms with E-state index in [-0.39, 0.29) is 12.5 Å². The SMILES string of the molecule is CCCCS(=O)c1sc2nc(NCCO)c(-c3ccc4c(c3)CN(C)C4=O)nc2c1N. The predicted molar refractivity (Wildman–Crippen MR) is 125 cm³/mol. The number of anilines is 2. The maximum atomic E-state index is 12.7. The standard InChI is InChI=1S/C21H25N5O3S2/c1-3-4-9-31(29)21-15(22)17-19(30-21)25-18(23-7-8-27)16(24-17)12-5-6-14-13(10-12)11-26(2)20(14)28/h5-6,10,27H,3-4,7-9,11,22H2,1-2H3,(H,23,25). The van der Waals surface area contributed by atoms with Crippen molar-refractivity contribution in [3.63, 3.8) is 0 Å². The molecule has 2 aromatic heterocycles. The molecule has 10 heteroatoms. The summed E-state index contributed by atoms with van der Waals surface area (Å²) >= 11 is 1.30. The Morgan fingerprint density at radius 1 is 1.35 bits per heavy atom. The molecule has 31 heavy (non-hydrogen) atoms. The van der Waals surface area contributed by atoms with E-state index in [0.717, 1.165) is 24.0 Å². The van der Waals surface area contributed by atoms with E-state index in [4.69, 9.17) is 15.7 Å². The molecule has 3 heterocycles. The van der Waals surface area contributed by atoms with E-state index in [1.54, 1.807) is 18.0 Å². The van der Waals surface area contributed by atoms with E-state index >= 15 is 0 Å². The fraction of sp³-hybridized carbons (Fsp3) is 0.381. The highest BCUT2D eigenvalue weighted by molar-refractivity contribution is 7.87. The van der Waals surface area contributed by atoms with Gasteiger partial charge in [-0.1, -0.05) is 19.4 Å². The number of hydrogen-bond acceptors (Lipinski definition) is 8. The fourth-order valence-electron chi connectivity index (χ4n) is 3.56. The van der Waals surface area contributed by atoms with Crippen LogP contribution in [0.3, 0.4) is 0 Å². The third kappa shape index (κ3) is 4.02. The molecule has 0 fully saturated rings. The Hall–Kier alpha value is -2.56. The number of carbonyl (C=O) groups excluding carboxylic acids is 1. The van der Waals surface area contributed by atoms with Gasteiger partial charge in [-0.25, -0.2) is 9.97 Å². The van der Waals surface area contributed by atoms with Crippen LogP contribution in [-0.2, 0) is 17.3 Å². The summed E-state index contributed by atoms with van der Waals surface area (Å²) in [5, 5.41) is 12.4. The number of nitrogens with zero attached hydrogens (tertiary/aromatic N) is 3.